The zero-order valence-electron chi connectivity index (χ0n) is 13.6. The van der Waals surface area contributed by atoms with Gasteiger partial charge >= 0.3 is 0 Å². The van der Waals surface area contributed by atoms with E-state index in [-0.39, 0.29) is 5.91 Å². The molecule has 128 valence electrons. The molecule has 5 nitrogen and oxygen atoms in total. The zero-order valence-corrected chi connectivity index (χ0v) is 14.4. The van der Waals surface area contributed by atoms with Crippen molar-refractivity contribution in [1.29, 1.82) is 0 Å². The van der Waals surface area contributed by atoms with E-state index >= 15 is 0 Å². The van der Waals surface area contributed by atoms with Gasteiger partial charge in [0.05, 0.1) is 12.9 Å². The topological polar surface area (TPSA) is 64.4 Å². The molecule has 6 heteroatoms. The highest BCUT2D eigenvalue weighted by Crippen LogP contribution is 2.29. The van der Waals surface area contributed by atoms with E-state index in [2.05, 4.69) is 10.3 Å². The second kappa shape index (κ2) is 7.21. The van der Waals surface area contributed by atoms with Crippen LogP contribution in [-0.2, 0) is 11.3 Å². The summed E-state index contributed by atoms with van der Waals surface area (Å²) in [6.45, 7) is 1.39. The number of anilines is 1. The number of ether oxygens (including phenoxy) is 1. The highest BCUT2D eigenvalue weighted by Gasteiger charge is 2.21. The molecule has 25 heavy (non-hydrogen) atoms. The smallest absolute Gasteiger partial charge is 0.275 e. The van der Waals surface area contributed by atoms with E-state index in [4.69, 9.17) is 9.15 Å². The third-order valence-electron chi connectivity index (χ3n) is 3.97. The number of carbonyl (C=O) groups excluding carboxylic acids is 1. The fraction of sp³-hybridized carbons (Fsp3) is 0.263. The van der Waals surface area contributed by atoms with Gasteiger partial charge in [-0.05, 0) is 48.6 Å². The summed E-state index contributed by atoms with van der Waals surface area (Å²) in [4.78, 5) is 16.7. The van der Waals surface area contributed by atoms with Crippen LogP contribution in [0.2, 0.25) is 0 Å². The van der Waals surface area contributed by atoms with Gasteiger partial charge in [0.15, 0.2) is 10.8 Å². The molecule has 0 bridgehead atoms. The van der Waals surface area contributed by atoms with Crippen molar-refractivity contribution < 1.29 is 13.9 Å². The first-order valence-corrected chi connectivity index (χ1v) is 9.13. The molecular weight excluding hydrogens is 336 g/mol. The van der Waals surface area contributed by atoms with Crippen molar-refractivity contribution in [2.45, 2.75) is 19.4 Å². The van der Waals surface area contributed by atoms with E-state index in [1.807, 2.05) is 30.3 Å². The summed E-state index contributed by atoms with van der Waals surface area (Å²) in [7, 11) is 0. The van der Waals surface area contributed by atoms with E-state index in [1.165, 1.54) is 24.2 Å². The first kappa shape index (κ1) is 16.1. The largest absolute Gasteiger partial charge is 0.462 e. The number of hydrogen-bond donors (Lipinski definition) is 1. The van der Waals surface area contributed by atoms with E-state index in [9.17, 15) is 4.79 Å². The van der Waals surface area contributed by atoms with Crippen molar-refractivity contribution in [3.05, 3.63) is 59.3 Å². The van der Waals surface area contributed by atoms with Gasteiger partial charge in [-0.3, -0.25) is 4.79 Å². The van der Waals surface area contributed by atoms with Gasteiger partial charge in [-0.2, -0.15) is 0 Å². The van der Waals surface area contributed by atoms with Crippen LogP contribution in [0.25, 0.3) is 10.8 Å². The fourth-order valence-electron chi connectivity index (χ4n) is 2.45. The summed E-state index contributed by atoms with van der Waals surface area (Å²) in [5, 5.41) is 5.31. The van der Waals surface area contributed by atoms with Crippen LogP contribution in [0.3, 0.4) is 0 Å². The lowest BCUT2D eigenvalue weighted by molar-refractivity contribution is 0.102. The van der Waals surface area contributed by atoms with Crippen LogP contribution in [0, 0.1) is 5.92 Å². The molecule has 1 saturated carbocycles. The lowest BCUT2D eigenvalue weighted by atomic mass is 10.2. The van der Waals surface area contributed by atoms with Crippen molar-refractivity contribution in [2.75, 3.05) is 11.9 Å². The molecule has 1 aliphatic rings. The lowest BCUT2D eigenvalue weighted by Gasteiger charge is -2.07. The minimum absolute atomic E-state index is 0.231. The van der Waals surface area contributed by atoms with Gasteiger partial charge in [0.1, 0.15) is 5.69 Å². The molecule has 0 unspecified atom stereocenters. The first-order chi connectivity index (χ1) is 12.3. The quantitative estimate of drug-likeness (QED) is 0.674. The minimum Gasteiger partial charge on any atom is -0.462 e. The molecule has 0 spiro atoms. The minimum atomic E-state index is -0.231. The first-order valence-electron chi connectivity index (χ1n) is 8.25. The number of nitrogens with one attached hydrogen (secondary N) is 1. The average Bonchev–Trinajstić information content (AvgIpc) is 3.10. The molecule has 0 radical (unpaired) electrons. The van der Waals surface area contributed by atoms with Gasteiger partial charge in [-0.1, -0.05) is 12.1 Å². The van der Waals surface area contributed by atoms with Crippen LogP contribution in [0.15, 0.2) is 52.5 Å². The number of benzene rings is 1. The standard InChI is InChI=1S/C19H18N2O3S/c22-18(16-12-25-19(21-16)17-5-2-8-24-17)20-15-4-1-3-14(9-15)11-23-10-13-6-7-13/h1-5,8-9,12-13H,6-7,10-11H2,(H,20,22). The summed E-state index contributed by atoms with van der Waals surface area (Å²) in [5.41, 5.74) is 2.17. The lowest BCUT2D eigenvalue weighted by Crippen LogP contribution is -2.12. The maximum Gasteiger partial charge on any atom is 0.275 e. The zero-order chi connectivity index (χ0) is 17.1. The number of aromatic nitrogens is 1. The van der Waals surface area contributed by atoms with Crippen LogP contribution in [0.5, 0.6) is 0 Å². The number of nitrogens with zero attached hydrogens (tertiary/aromatic N) is 1. The van der Waals surface area contributed by atoms with Crippen molar-refractivity contribution in [2.24, 2.45) is 5.92 Å². The molecule has 0 saturated heterocycles. The SMILES string of the molecule is O=C(Nc1cccc(COCC2CC2)c1)c1csc(-c2ccco2)n1. The number of hydrogen-bond acceptors (Lipinski definition) is 5. The van der Waals surface area contributed by atoms with E-state index in [0.717, 1.165) is 23.8 Å². The number of rotatable bonds is 7. The predicted molar refractivity (Wildman–Crippen MR) is 96.6 cm³/mol. The summed E-state index contributed by atoms with van der Waals surface area (Å²) < 4.78 is 11.0. The maximum absolute atomic E-state index is 12.4. The second-order valence-corrected chi connectivity index (χ2v) is 6.99. The van der Waals surface area contributed by atoms with E-state index in [0.29, 0.717) is 23.1 Å². The highest BCUT2D eigenvalue weighted by molar-refractivity contribution is 7.13. The van der Waals surface area contributed by atoms with Gasteiger partial charge in [0.2, 0.25) is 0 Å². The van der Waals surface area contributed by atoms with Gasteiger partial charge < -0.3 is 14.5 Å². The molecule has 0 atom stereocenters. The van der Waals surface area contributed by atoms with Crippen LogP contribution in [0.1, 0.15) is 28.9 Å². The average molecular weight is 354 g/mol. The Kier molecular flexibility index (Phi) is 4.63. The van der Waals surface area contributed by atoms with Crippen LogP contribution < -0.4 is 5.32 Å². The Labute approximate surface area is 149 Å². The Balaban J connectivity index is 1.38. The molecule has 1 fully saturated rings. The Morgan fingerprint density at radius 2 is 2.24 bits per heavy atom. The molecule has 2 aromatic heterocycles. The van der Waals surface area contributed by atoms with Gasteiger partial charge in [0.25, 0.3) is 5.91 Å². The van der Waals surface area contributed by atoms with Gasteiger partial charge in [-0.25, -0.2) is 4.98 Å². The van der Waals surface area contributed by atoms with Crippen LogP contribution in [0.4, 0.5) is 5.69 Å². The normalized spacial score (nSPS) is 13.8. The van der Waals surface area contributed by atoms with Crippen molar-refractivity contribution >= 4 is 22.9 Å². The predicted octanol–water partition coefficient (Wildman–Crippen LogP) is 4.58. The van der Waals surface area contributed by atoms with Crippen molar-refractivity contribution in [3.8, 4) is 10.8 Å². The molecule has 1 N–H and O–H groups in total. The molecule has 0 aliphatic heterocycles. The molecule has 4 rings (SSSR count). The second-order valence-electron chi connectivity index (χ2n) is 6.13. The highest BCUT2D eigenvalue weighted by atomic mass is 32.1. The summed E-state index contributed by atoms with van der Waals surface area (Å²) in [6.07, 6.45) is 4.15. The summed E-state index contributed by atoms with van der Waals surface area (Å²) in [6, 6.07) is 11.3. The molecule has 3 aromatic rings. The number of furan rings is 1. The molecule has 1 aliphatic carbocycles. The molecule has 1 amide bonds. The Hall–Kier alpha value is -2.44. The van der Waals surface area contributed by atoms with Crippen LogP contribution in [-0.4, -0.2) is 17.5 Å². The molecule has 2 heterocycles. The third kappa shape index (κ3) is 4.15. The van der Waals surface area contributed by atoms with Crippen molar-refractivity contribution in [3.63, 3.8) is 0 Å². The van der Waals surface area contributed by atoms with Gasteiger partial charge in [0, 0.05) is 17.7 Å². The maximum atomic E-state index is 12.4. The number of carbonyl (C=O) groups is 1. The van der Waals surface area contributed by atoms with E-state index in [1.54, 1.807) is 17.7 Å². The Bertz CT molecular complexity index is 853. The van der Waals surface area contributed by atoms with E-state index < -0.39 is 0 Å². The third-order valence-corrected chi connectivity index (χ3v) is 4.83. The van der Waals surface area contributed by atoms with Crippen LogP contribution >= 0.6 is 11.3 Å². The summed E-state index contributed by atoms with van der Waals surface area (Å²) in [5.74, 6) is 1.18. The molecular formula is C19H18N2O3S. The number of amides is 1. The molecule has 1 aromatic carbocycles. The Morgan fingerprint density at radius 1 is 1.32 bits per heavy atom. The fourth-order valence-corrected chi connectivity index (χ4v) is 3.22. The van der Waals surface area contributed by atoms with Crippen molar-refractivity contribution in [1.82, 2.24) is 4.98 Å². The monoisotopic (exact) mass is 354 g/mol. The summed E-state index contributed by atoms with van der Waals surface area (Å²) >= 11 is 1.38. The Morgan fingerprint density at radius 3 is 3.04 bits per heavy atom. The number of thiazole rings is 1. The van der Waals surface area contributed by atoms with Gasteiger partial charge in [-0.15, -0.1) is 11.3 Å².